The number of Topliss-reactive ketones (excluding diaryl/α,β-unsaturated/α-hetero) is 1. The molecule has 2 aromatic carbocycles. The number of carbonyl (C=O) groups excluding carboxylic acids is 1. The molecule has 0 aromatic heterocycles. The van der Waals surface area contributed by atoms with Gasteiger partial charge in [0.05, 0.1) is 25.0 Å². The van der Waals surface area contributed by atoms with Gasteiger partial charge in [-0.25, -0.2) is 0 Å². The summed E-state index contributed by atoms with van der Waals surface area (Å²) < 4.78 is 88.6. The van der Waals surface area contributed by atoms with Gasteiger partial charge >= 0.3 is 0 Å². The van der Waals surface area contributed by atoms with E-state index in [0.29, 0.717) is 0 Å². The molecule has 0 amide bonds. The summed E-state index contributed by atoms with van der Waals surface area (Å²) in [7, 11) is -6.26. The minimum Gasteiger partial charge on any atom is -0.493 e. The molecule has 0 bridgehead atoms. The molecule has 1 fully saturated rings. The third-order valence-electron chi connectivity index (χ3n) is 5.54. The molecule has 28 heavy (non-hydrogen) atoms. The summed E-state index contributed by atoms with van der Waals surface area (Å²) >= 11 is 0. The standard InChI is InChI=1S/C24H29NO3/c1-27-22-14-19-13-20(24(26)21(19)15-23(22)28-2)12-17-8-10-25(11-9-17)16-18-6-4-3-5-7-18/h3-7,14-15,17,20H,8-13,16H2,1-2H3/i1D3,2D3,13D2,14D,15D. The number of carbonyl (C=O) groups is 1. The normalized spacial score (nSPS) is 28.1. The molecule has 148 valence electrons. The SMILES string of the molecule is [2H]c1c(OC([2H])([2H])[2H])c(OC([2H])([2H])[2H])c([2H])c2c1C(=O)C(CC1CCN(Cc3ccccc3)CC1)C2([2H])[2H]. The van der Waals surface area contributed by atoms with Gasteiger partial charge in [0.25, 0.3) is 0 Å². The van der Waals surface area contributed by atoms with Gasteiger partial charge in [0.2, 0.25) is 0 Å². The van der Waals surface area contributed by atoms with Crippen molar-refractivity contribution < 1.29 is 28.0 Å². The Balaban J connectivity index is 1.60. The van der Waals surface area contributed by atoms with E-state index in [-0.39, 0.29) is 12.3 Å². The number of nitrogens with zero attached hydrogens (tertiary/aromatic N) is 1. The summed E-state index contributed by atoms with van der Waals surface area (Å²) in [4.78, 5) is 15.8. The number of likely N-dealkylation sites (tertiary alicyclic amines) is 1. The van der Waals surface area contributed by atoms with Gasteiger partial charge in [-0.2, -0.15) is 0 Å². The van der Waals surface area contributed by atoms with E-state index in [0.717, 1.165) is 32.5 Å². The van der Waals surface area contributed by atoms with Crippen LogP contribution in [0.4, 0.5) is 0 Å². The van der Waals surface area contributed by atoms with Crippen molar-refractivity contribution in [2.24, 2.45) is 11.8 Å². The topological polar surface area (TPSA) is 38.8 Å². The first-order valence-electron chi connectivity index (χ1n) is 14.4. The third kappa shape index (κ3) is 3.93. The number of methoxy groups -OCH3 is 2. The maximum Gasteiger partial charge on any atom is 0.166 e. The summed E-state index contributed by atoms with van der Waals surface area (Å²) in [5.41, 5.74) is 0.277. The quantitative estimate of drug-likeness (QED) is 0.736. The Labute approximate surface area is 181 Å². The number of rotatable bonds is 6. The molecule has 4 nitrogen and oxygen atoms in total. The number of benzene rings is 2. The van der Waals surface area contributed by atoms with Crippen molar-refractivity contribution >= 4 is 5.78 Å². The van der Waals surface area contributed by atoms with E-state index in [2.05, 4.69) is 17.0 Å². The summed E-state index contributed by atoms with van der Waals surface area (Å²) in [6.07, 6.45) is -0.716. The Morgan fingerprint density at radius 2 is 1.86 bits per heavy atom. The van der Waals surface area contributed by atoms with Crippen molar-refractivity contribution in [2.75, 3.05) is 27.2 Å². The molecule has 1 saturated heterocycles. The second-order valence-electron chi connectivity index (χ2n) is 7.36. The van der Waals surface area contributed by atoms with Gasteiger partial charge in [-0.1, -0.05) is 30.3 Å². The highest BCUT2D eigenvalue weighted by molar-refractivity contribution is 6.02. The molecule has 0 radical (unpaired) electrons. The van der Waals surface area contributed by atoms with Crippen LogP contribution in [-0.2, 0) is 12.9 Å². The van der Waals surface area contributed by atoms with E-state index >= 15 is 0 Å². The predicted octanol–water partition coefficient (Wildman–Crippen LogP) is 4.36. The molecule has 1 atom stereocenters. The first-order chi connectivity index (χ1) is 17.6. The molecule has 1 aliphatic carbocycles. The van der Waals surface area contributed by atoms with E-state index in [4.69, 9.17) is 23.2 Å². The highest BCUT2D eigenvalue weighted by Crippen LogP contribution is 2.39. The number of hydrogen-bond donors (Lipinski definition) is 0. The number of ketones is 1. The van der Waals surface area contributed by atoms with E-state index < -0.39 is 66.9 Å². The van der Waals surface area contributed by atoms with E-state index in [9.17, 15) is 4.79 Å². The molecule has 0 saturated carbocycles. The lowest BCUT2D eigenvalue weighted by molar-refractivity contribution is 0.0895. The average Bonchev–Trinajstić information content (AvgIpc) is 3.00. The molecule has 2 aromatic rings. The average molecular weight is 390 g/mol. The number of hydrogen-bond acceptors (Lipinski definition) is 4. The number of fused-ring (bicyclic) bond motifs is 1. The van der Waals surface area contributed by atoms with Crippen LogP contribution in [0.1, 0.15) is 54.5 Å². The van der Waals surface area contributed by atoms with Gasteiger partial charge in [-0.3, -0.25) is 9.69 Å². The molecule has 0 spiro atoms. The van der Waals surface area contributed by atoms with E-state index in [1.165, 1.54) is 5.56 Å². The molecule has 1 aliphatic heterocycles. The minimum atomic E-state index is -3.13. The van der Waals surface area contributed by atoms with Crippen molar-refractivity contribution in [2.45, 2.75) is 32.2 Å². The minimum absolute atomic E-state index is 0.0277. The zero-order chi connectivity index (χ0) is 28.0. The van der Waals surface area contributed by atoms with Crippen LogP contribution in [0.2, 0.25) is 0 Å². The van der Waals surface area contributed by atoms with Crippen LogP contribution in [0.15, 0.2) is 42.4 Å². The van der Waals surface area contributed by atoms with Crippen molar-refractivity contribution in [1.82, 2.24) is 4.90 Å². The lowest BCUT2D eigenvalue weighted by atomic mass is 9.85. The zero-order valence-electron chi connectivity index (χ0n) is 25.5. The fraction of sp³-hybridized carbons (Fsp3) is 0.458. The van der Waals surface area contributed by atoms with Crippen molar-refractivity contribution in [3.8, 4) is 11.5 Å². The van der Waals surface area contributed by atoms with Gasteiger partial charge in [0, 0.05) is 20.8 Å². The summed E-state index contributed by atoms with van der Waals surface area (Å²) in [5, 5.41) is 0. The molecule has 0 N–H and O–H groups in total. The molecule has 4 heteroatoms. The van der Waals surface area contributed by atoms with Gasteiger partial charge in [0.15, 0.2) is 17.3 Å². The second-order valence-corrected chi connectivity index (χ2v) is 7.36. The maximum absolute atomic E-state index is 13.5. The highest BCUT2D eigenvalue weighted by Gasteiger charge is 2.34. The maximum atomic E-state index is 13.5. The van der Waals surface area contributed by atoms with Crippen molar-refractivity contribution in [1.29, 1.82) is 0 Å². The molecular formula is C24H29NO3. The van der Waals surface area contributed by atoms with Crippen LogP contribution in [-0.4, -0.2) is 37.8 Å². The lowest BCUT2D eigenvalue weighted by Crippen LogP contribution is -2.34. The van der Waals surface area contributed by atoms with Gasteiger partial charge < -0.3 is 9.47 Å². The summed E-state index contributed by atoms with van der Waals surface area (Å²) in [5.74, 6) is -3.67. The number of ether oxygens (including phenoxy) is 2. The summed E-state index contributed by atoms with van der Waals surface area (Å²) in [6.45, 7) is 2.35. The van der Waals surface area contributed by atoms with Gasteiger partial charge in [-0.05, 0) is 67.9 Å². The van der Waals surface area contributed by atoms with E-state index in [1.807, 2.05) is 18.2 Å². The van der Waals surface area contributed by atoms with Crippen molar-refractivity contribution in [3.63, 3.8) is 0 Å². The Bertz CT molecular complexity index is 1190. The second kappa shape index (κ2) is 8.36. The lowest BCUT2D eigenvalue weighted by Gasteiger charge is -2.32. The highest BCUT2D eigenvalue weighted by atomic mass is 16.5. The Morgan fingerprint density at radius 3 is 2.57 bits per heavy atom. The van der Waals surface area contributed by atoms with Gasteiger partial charge in [0.1, 0.15) is 0 Å². The molecule has 4 rings (SSSR count). The van der Waals surface area contributed by atoms with Crippen LogP contribution in [0.5, 0.6) is 11.5 Å². The third-order valence-corrected chi connectivity index (χ3v) is 5.54. The fourth-order valence-electron chi connectivity index (χ4n) is 4.04. The smallest absolute Gasteiger partial charge is 0.166 e. The Morgan fingerprint density at radius 1 is 1.14 bits per heavy atom. The predicted molar refractivity (Wildman–Crippen MR) is 110 cm³/mol. The molecule has 2 aliphatic rings. The van der Waals surface area contributed by atoms with Gasteiger partial charge in [-0.15, -0.1) is 0 Å². The molecule has 1 unspecified atom stereocenters. The van der Waals surface area contributed by atoms with E-state index in [1.54, 1.807) is 0 Å². The van der Waals surface area contributed by atoms with Crippen LogP contribution in [0.3, 0.4) is 0 Å². The van der Waals surface area contributed by atoms with Crippen LogP contribution >= 0.6 is 0 Å². The zero-order valence-corrected chi connectivity index (χ0v) is 15.5. The molecular weight excluding hydrogens is 350 g/mol. The van der Waals surface area contributed by atoms with Crippen LogP contribution < -0.4 is 9.47 Å². The summed E-state index contributed by atoms with van der Waals surface area (Å²) in [6, 6.07) is 8.45. The monoisotopic (exact) mass is 389 g/mol. The Kier molecular flexibility index (Phi) is 3.12. The van der Waals surface area contributed by atoms with Crippen molar-refractivity contribution in [3.05, 3.63) is 59.1 Å². The first kappa shape index (κ1) is 10.4. The van der Waals surface area contributed by atoms with Crippen LogP contribution in [0.25, 0.3) is 0 Å². The first-order valence-corrected chi connectivity index (χ1v) is 9.44. The molecule has 1 heterocycles. The van der Waals surface area contributed by atoms with Crippen LogP contribution in [0, 0.1) is 11.8 Å². The largest absolute Gasteiger partial charge is 0.493 e. The number of piperidine rings is 1. The fourth-order valence-corrected chi connectivity index (χ4v) is 4.04. The Hall–Kier alpha value is -2.33.